The number of benzene rings is 2. The zero-order valence-electron chi connectivity index (χ0n) is 25.9. The zero-order chi connectivity index (χ0) is 27.8. The Bertz CT molecular complexity index is 795. The average Bonchev–Trinajstić information content (AvgIpc) is 2.97. The van der Waals surface area contributed by atoms with Gasteiger partial charge in [0.25, 0.3) is 0 Å². The minimum Gasteiger partial charge on any atom is -0.494 e. The van der Waals surface area contributed by atoms with Crippen molar-refractivity contribution in [3.05, 3.63) is 54.1 Å². The molecule has 0 bridgehead atoms. The van der Waals surface area contributed by atoms with Gasteiger partial charge < -0.3 is 9.47 Å². The maximum absolute atomic E-state index is 6.11. The van der Waals surface area contributed by atoms with E-state index in [2.05, 4.69) is 69.3 Å². The van der Waals surface area contributed by atoms with E-state index in [1.165, 1.54) is 132 Å². The first-order valence-electron chi connectivity index (χ1n) is 16.7. The second-order valence-electron chi connectivity index (χ2n) is 11.5. The average molecular weight is 537 g/mol. The van der Waals surface area contributed by atoms with E-state index < -0.39 is 0 Å². The van der Waals surface area contributed by atoms with Gasteiger partial charge in [-0.25, -0.2) is 0 Å². The first kappa shape index (κ1) is 33.4. The fraction of sp³-hybridized carbons (Fsp3) is 0.676. The topological polar surface area (TPSA) is 18.5 Å². The van der Waals surface area contributed by atoms with E-state index in [1.807, 2.05) is 0 Å². The van der Waals surface area contributed by atoms with Crippen LogP contribution >= 0.6 is 0 Å². The Hall–Kier alpha value is -1.80. The van der Waals surface area contributed by atoms with Gasteiger partial charge in [0.1, 0.15) is 5.75 Å². The van der Waals surface area contributed by atoms with Gasteiger partial charge in [-0.15, -0.1) is 0 Å². The van der Waals surface area contributed by atoms with Crippen LogP contribution in [0.15, 0.2) is 48.5 Å². The Morgan fingerprint density at radius 2 is 0.846 bits per heavy atom. The molecular weight excluding hydrogens is 476 g/mol. The highest BCUT2D eigenvalue weighted by molar-refractivity contribution is 5.64. The lowest BCUT2D eigenvalue weighted by Gasteiger charge is -2.14. The SMILES string of the molecule is CCCCCCCCCCCCCOc1ccc(-c2ccc(C(C)OCCCCCCCCCC)cc2)cc1. The molecular formula is C37H60O2. The summed E-state index contributed by atoms with van der Waals surface area (Å²) in [6.45, 7) is 8.41. The molecule has 0 aliphatic carbocycles. The molecule has 0 N–H and O–H groups in total. The summed E-state index contributed by atoms with van der Waals surface area (Å²) in [5, 5.41) is 0. The molecule has 2 nitrogen and oxygen atoms in total. The first-order valence-corrected chi connectivity index (χ1v) is 16.7. The van der Waals surface area contributed by atoms with Gasteiger partial charge in [0.2, 0.25) is 0 Å². The van der Waals surface area contributed by atoms with E-state index in [0.29, 0.717) is 0 Å². The van der Waals surface area contributed by atoms with Crippen molar-refractivity contribution in [2.45, 2.75) is 149 Å². The Kier molecular flexibility index (Phi) is 19.7. The predicted molar refractivity (Wildman–Crippen MR) is 171 cm³/mol. The summed E-state index contributed by atoms with van der Waals surface area (Å²) in [6, 6.07) is 17.4. The van der Waals surface area contributed by atoms with Crippen LogP contribution in [0.4, 0.5) is 0 Å². The molecule has 0 aromatic heterocycles. The van der Waals surface area contributed by atoms with E-state index in [4.69, 9.17) is 9.47 Å². The Morgan fingerprint density at radius 1 is 0.462 bits per heavy atom. The van der Waals surface area contributed by atoms with Crippen molar-refractivity contribution in [2.75, 3.05) is 13.2 Å². The molecule has 0 spiro atoms. The molecule has 0 saturated heterocycles. The smallest absolute Gasteiger partial charge is 0.119 e. The number of unbranched alkanes of at least 4 members (excludes halogenated alkanes) is 17. The molecule has 220 valence electrons. The fourth-order valence-electron chi connectivity index (χ4n) is 5.24. The van der Waals surface area contributed by atoms with E-state index in [0.717, 1.165) is 25.4 Å². The summed E-state index contributed by atoms with van der Waals surface area (Å²) in [4.78, 5) is 0. The highest BCUT2D eigenvalue weighted by Crippen LogP contribution is 2.26. The molecule has 0 aliphatic rings. The Balaban J connectivity index is 1.55. The second kappa shape index (κ2) is 23.0. The van der Waals surface area contributed by atoms with Crippen LogP contribution in [0.3, 0.4) is 0 Å². The van der Waals surface area contributed by atoms with E-state index in [9.17, 15) is 0 Å². The highest BCUT2D eigenvalue weighted by atomic mass is 16.5. The van der Waals surface area contributed by atoms with Gasteiger partial charge in [-0.05, 0) is 48.6 Å². The molecule has 0 heterocycles. The van der Waals surface area contributed by atoms with Crippen LogP contribution in [0.5, 0.6) is 5.75 Å². The fourth-order valence-corrected chi connectivity index (χ4v) is 5.24. The maximum atomic E-state index is 6.11. The molecule has 39 heavy (non-hydrogen) atoms. The van der Waals surface area contributed by atoms with Crippen LogP contribution < -0.4 is 4.74 Å². The van der Waals surface area contributed by atoms with Crippen LogP contribution in [0, 0.1) is 0 Å². The molecule has 0 saturated carbocycles. The standard InChI is InChI=1S/C37H60O2/c1-4-6-8-10-12-14-15-16-18-20-22-32-39-37-29-27-36(28-30-37)35-25-23-34(24-26-35)33(3)38-31-21-19-17-13-11-9-7-5-2/h23-30,33H,4-22,31-32H2,1-3H3. The highest BCUT2D eigenvalue weighted by Gasteiger charge is 2.07. The summed E-state index contributed by atoms with van der Waals surface area (Å²) in [5.74, 6) is 0.977. The normalized spacial score (nSPS) is 12.1. The number of hydrogen-bond donors (Lipinski definition) is 0. The first-order chi connectivity index (χ1) is 19.2. The quantitative estimate of drug-likeness (QED) is 0.117. The van der Waals surface area contributed by atoms with E-state index >= 15 is 0 Å². The Labute approximate surface area is 242 Å². The summed E-state index contributed by atoms with van der Waals surface area (Å²) >= 11 is 0. The molecule has 0 aliphatic heterocycles. The van der Waals surface area contributed by atoms with Gasteiger partial charge in [-0.3, -0.25) is 0 Å². The number of hydrogen-bond acceptors (Lipinski definition) is 2. The lowest BCUT2D eigenvalue weighted by Crippen LogP contribution is -2.01. The van der Waals surface area contributed by atoms with Crippen molar-refractivity contribution in [1.82, 2.24) is 0 Å². The third kappa shape index (κ3) is 16.2. The molecule has 2 heteroatoms. The van der Waals surface area contributed by atoms with Crippen LogP contribution in [0.2, 0.25) is 0 Å². The lowest BCUT2D eigenvalue weighted by atomic mass is 10.0. The van der Waals surface area contributed by atoms with Crippen LogP contribution in [0.25, 0.3) is 11.1 Å². The summed E-state index contributed by atoms with van der Waals surface area (Å²) in [5.41, 5.74) is 3.73. The van der Waals surface area contributed by atoms with Gasteiger partial charge in [0, 0.05) is 6.61 Å². The minimum absolute atomic E-state index is 0.148. The van der Waals surface area contributed by atoms with Crippen LogP contribution in [-0.4, -0.2) is 13.2 Å². The van der Waals surface area contributed by atoms with Gasteiger partial charge in [0.15, 0.2) is 0 Å². The monoisotopic (exact) mass is 536 g/mol. The summed E-state index contributed by atoms with van der Waals surface area (Å²) in [7, 11) is 0. The van der Waals surface area contributed by atoms with Gasteiger partial charge >= 0.3 is 0 Å². The van der Waals surface area contributed by atoms with Crippen molar-refractivity contribution in [3.63, 3.8) is 0 Å². The van der Waals surface area contributed by atoms with Crippen molar-refractivity contribution in [1.29, 1.82) is 0 Å². The van der Waals surface area contributed by atoms with Crippen LogP contribution in [-0.2, 0) is 4.74 Å². The minimum atomic E-state index is 0.148. The summed E-state index contributed by atoms with van der Waals surface area (Å²) in [6.07, 6.45) is 25.9. The van der Waals surface area contributed by atoms with Crippen molar-refractivity contribution in [3.8, 4) is 16.9 Å². The third-order valence-corrected chi connectivity index (χ3v) is 7.95. The summed E-state index contributed by atoms with van der Waals surface area (Å²) < 4.78 is 12.1. The largest absolute Gasteiger partial charge is 0.494 e. The van der Waals surface area contributed by atoms with E-state index in [-0.39, 0.29) is 6.10 Å². The molecule has 1 atom stereocenters. The van der Waals surface area contributed by atoms with Crippen LogP contribution in [0.1, 0.15) is 154 Å². The van der Waals surface area contributed by atoms with Gasteiger partial charge in [0.05, 0.1) is 12.7 Å². The predicted octanol–water partition coefficient (Wildman–Crippen LogP) is 12.3. The second-order valence-corrected chi connectivity index (χ2v) is 11.5. The number of rotatable bonds is 25. The molecule has 2 aromatic carbocycles. The molecule has 0 amide bonds. The molecule has 0 radical (unpaired) electrons. The third-order valence-electron chi connectivity index (χ3n) is 7.95. The number of ether oxygens (including phenoxy) is 2. The Morgan fingerprint density at radius 3 is 1.31 bits per heavy atom. The van der Waals surface area contributed by atoms with Crippen molar-refractivity contribution >= 4 is 0 Å². The molecule has 0 fully saturated rings. The lowest BCUT2D eigenvalue weighted by molar-refractivity contribution is 0.0627. The zero-order valence-corrected chi connectivity index (χ0v) is 25.9. The van der Waals surface area contributed by atoms with Gasteiger partial charge in [-0.1, -0.05) is 159 Å². The van der Waals surface area contributed by atoms with Gasteiger partial charge in [-0.2, -0.15) is 0 Å². The maximum Gasteiger partial charge on any atom is 0.119 e. The van der Waals surface area contributed by atoms with Crippen molar-refractivity contribution < 1.29 is 9.47 Å². The molecule has 2 aromatic rings. The molecule has 1 unspecified atom stereocenters. The van der Waals surface area contributed by atoms with Crippen molar-refractivity contribution in [2.24, 2.45) is 0 Å². The van der Waals surface area contributed by atoms with E-state index in [1.54, 1.807) is 0 Å². The molecule has 2 rings (SSSR count).